The van der Waals surface area contributed by atoms with Gasteiger partial charge in [0.25, 0.3) is 5.91 Å². The molecule has 0 bridgehead atoms. The van der Waals surface area contributed by atoms with Crippen LogP contribution in [0.4, 0.5) is 0 Å². The zero-order valence-electron chi connectivity index (χ0n) is 16.8. The zero-order chi connectivity index (χ0) is 21.1. The van der Waals surface area contributed by atoms with E-state index in [9.17, 15) is 9.59 Å². The van der Waals surface area contributed by atoms with Gasteiger partial charge < -0.3 is 9.80 Å². The number of benzene rings is 2. The van der Waals surface area contributed by atoms with Gasteiger partial charge in [-0.3, -0.25) is 14.7 Å². The van der Waals surface area contributed by atoms with Crippen molar-refractivity contribution in [3.05, 3.63) is 76.4 Å². The summed E-state index contributed by atoms with van der Waals surface area (Å²) in [5.74, 6) is -0.0294. The number of rotatable bonds is 4. The monoisotopic (exact) mass is 422 g/mol. The largest absolute Gasteiger partial charge is 0.339 e. The molecule has 3 aromatic rings. The van der Waals surface area contributed by atoms with Crippen molar-refractivity contribution in [2.24, 2.45) is 0 Å². The molecule has 1 aromatic heterocycles. The molecule has 0 unspecified atom stereocenters. The third-order valence-electron chi connectivity index (χ3n) is 5.34. The fraction of sp³-hybridized carbons (Fsp3) is 0.261. The highest BCUT2D eigenvalue weighted by Crippen LogP contribution is 2.19. The summed E-state index contributed by atoms with van der Waals surface area (Å²) in [5.41, 5.74) is 4.29. The highest BCUT2D eigenvalue weighted by atomic mass is 35.5. The van der Waals surface area contributed by atoms with E-state index in [4.69, 9.17) is 11.6 Å². The summed E-state index contributed by atoms with van der Waals surface area (Å²) >= 11 is 5.90. The third-order valence-corrected chi connectivity index (χ3v) is 5.60. The Labute approximate surface area is 180 Å². The van der Waals surface area contributed by atoms with Crippen LogP contribution in [0.2, 0.25) is 5.02 Å². The van der Waals surface area contributed by atoms with Gasteiger partial charge in [-0.05, 0) is 30.7 Å². The highest BCUT2D eigenvalue weighted by Gasteiger charge is 2.26. The first-order chi connectivity index (χ1) is 14.5. The number of piperazine rings is 1. The number of halogens is 1. The molecular weight excluding hydrogens is 400 g/mol. The zero-order valence-corrected chi connectivity index (χ0v) is 17.5. The Morgan fingerprint density at radius 3 is 2.27 bits per heavy atom. The summed E-state index contributed by atoms with van der Waals surface area (Å²) in [4.78, 5) is 29.0. The number of aryl methyl sites for hydroxylation is 1. The standard InChI is InChI=1S/C23H23ClN4O2/c1-16-2-6-18(7-3-16)20-15-21(26-25-20)23(30)28-12-10-27(11-13-28)22(29)14-17-4-8-19(24)9-5-17/h2-9,15H,10-14H2,1H3,(H,25,26). The van der Waals surface area contributed by atoms with Crippen LogP contribution in [-0.4, -0.2) is 58.0 Å². The minimum atomic E-state index is -0.0920. The molecule has 1 fully saturated rings. The highest BCUT2D eigenvalue weighted by molar-refractivity contribution is 6.30. The SMILES string of the molecule is Cc1ccc(-c2cc(C(=O)N3CCN(C(=O)Cc4ccc(Cl)cc4)CC3)[nH]n2)cc1. The predicted octanol–water partition coefficient (Wildman–Crippen LogP) is 3.57. The Morgan fingerprint density at radius 1 is 0.967 bits per heavy atom. The Balaban J connectivity index is 1.33. The Kier molecular flexibility index (Phi) is 5.86. The second-order valence-electron chi connectivity index (χ2n) is 7.51. The lowest BCUT2D eigenvalue weighted by Gasteiger charge is -2.34. The molecule has 0 atom stereocenters. The molecule has 0 saturated carbocycles. The number of hydrogen-bond acceptors (Lipinski definition) is 3. The first kappa shape index (κ1) is 20.2. The van der Waals surface area contributed by atoms with Crippen LogP contribution in [0.5, 0.6) is 0 Å². The van der Waals surface area contributed by atoms with Crippen molar-refractivity contribution in [3.8, 4) is 11.3 Å². The lowest BCUT2D eigenvalue weighted by molar-refractivity contribution is -0.131. The molecule has 2 aromatic carbocycles. The Bertz CT molecular complexity index is 1040. The molecule has 30 heavy (non-hydrogen) atoms. The van der Waals surface area contributed by atoms with E-state index in [0.29, 0.717) is 43.3 Å². The number of nitrogens with one attached hydrogen (secondary N) is 1. The van der Waals surface area contributed by atoms with Crippen LogP contribution >= 0.6 is 11.6 Å². The maximum absolute atomic E-state index is 12.8. The van der Waals surface area contributed by atoms with E-state index in [1.165, 1.54) is 5.56 Å². The average molecular weight is 423 g/mol. The topological polar surface area (TPSA) is 69.3 Å². The first-order valence-corrected chi connectivity index (χ1v) is 10.3. The van der Waals surface area contributed by atoms with E-state index in [2.05, 4.69) is 10.2 Å². The minimum absolute atomic E-state index is 0.0626. The molecule has 1 aliphatic heterocycles. The van der Waals surface area contributed by atoms with Crippen LogP contribution in [0.25, 0.3) is 11.3 Å². The van der Waals surface area contributed by atoms with E-state index in [1.807, 2.05) is 48.2 Å². The Hall–Kier alpha value is -3.12. The van der Waals surface area contributed by atoms with Crippen molar-refractivity contribution in [1.82, 2.24) is 20.0 Å². The molecule has 1 saturated heterocycles. The first-order valence-electron chi connectivity index (χ1n) is 9.93. The number of aromatic nitrogens is 2. The molecule has 1 N–H and O–H groups in total. The van der Waals surface area contributed by atoms with Gasteiger partial charge in [0.15, 0.2) is 0 Å². The molecule has 4 rings (SSSR count). The molecule has 7 heteroatoms. The van der Waals surface area contributed by atoms with Gasteiger partial charge in [0.05, 0.1) is 12.1 Å². The number of nitrogens with zero attached hydrogens (tertiary/aromatic N) is 3. The fourth-order valence-electron chi connectivity index (χ4n) is 3.52. The van der Waals surface area contributed by atoms with Crippen LogP contribution in [0.3, 0.4) is 0 Å². The molecule has 1 aliphatic rings. The molecule has 154 valence electrons. The molecule has 2 amide bonds. The molecule has 0 aliphatic carbocycles. The van der Waals surface area contributed by atoms with Gasteiger partial charge >= 0.3 is 0 Å². The van der Waals surface area contributed by atoms with Crippen LogP contribution in [0.15, 0.2) is 54.6 Å². The number of amides is 2. The van der Waals surface area contributed by atoms with Gasteiger partial charge in [-0.15, -0.1) is 0 Å². The lowest BCUT2D eigenvalue weighted by Crippen LogP contribution is -2.51. The molecular formula is C23H23ClN4O2. The molecule has 0 spiro atoms. The molecule has 6 nitrogen and oxygen atoms in total. The Morgan fingerprint density at radius 2 is 1.60 bits per heavy atom. The summed E-state index contributed by atoms with van der Waals surface area (Å²) in [5, 5.41) is 7.79. The van der Waals surface area contributed by atoms with Crippen LogP contribution in [-0.2, 0) is 11.2 Å². The van der Waals surface area contributed by atoms with Gasteiger partial charge in [0.1, 0.15) is 5.69 Å². The number of carbonyl (C=O) groups is 2. The minimum Gasteiger partial charge on any atom is -0.339 e. The van der Waals surface area contributed by atoms with Crippen molar-refractivity contribution < 1.29 is 9.59 Å². The summed E-state index contributed by atoms with van der Waals surface area (Å²) in [6.45, 7) is 4.09. The summed E-state index contributed by atoms with van der Waals surface area (Å²) in [7, 11) is 0. The number of H-pyrrole nitrogens is 1. The molecule has 0 radical (unpaired) electrons. The second-order valence-corrected chi connectivity index (χ2v) is 7.95. The lowest BCUT2D eigenvalue weighted by atomic mass is 10.1. The normalized spacial score (nSPS) is 14.1. The van der Waals surface area contributed by atoms with Gasteiger partial charge in [0.2, 0.25) is 5.91 Å². The van der Waals surface area contributed by atoms with Gasteiger partial charge in [0, 0.05) is 36.8 Å². The second kappa shape index (κ2) is 8.71. The maximum atomic E-state index is 12.8. The number of aromatic amines is 1. The van der Waals surface area contributed by atoms with Crippen LogP contribution in [0, 0.1) is 6.92 Å². The smallest absolute Gasteiger partial charge is 0.272 e. The van der Waals surface area contributed by atoms with Crippen molar-refractivity contribution in [2.45, 2.75) is 13.3 Å². The van der Waals surface area contributed by atoms with E-state index >= 15 is 0 Å². The van der Waals surface area contributed by atoms with Crippen molar-refractivity contribution >= 4 is 23.4 Å². The summed E-state index contributed by atoms with van der Waals surface area (Å²) < 4.78 is 0. The van der Waals surface area contributed by atoms with Crippen molar-refractivity contribution in [3.63, 3.8) is 0 Å². The average Bonchev–Trinajstić information content (AvgIpc) is 3.26. The third kappa shape index (κ3) is 4.54. The van der Waals surface area contributed by atoms with Gasteiger partial charge in [-0.25, -0.2) is 0 Å². The quantitative estimate of drug-likeness (QED) is 0.698. The maximum Gasteiger partial charge on any atom is 0.272 e. The van der Waals surface area contributed by atoms with Crippen molar-refractivity contribution in [2.75, 3.05) is 26.2 Å². The number of carbonyl (C=O) groups excluding carboxylic acids is 2. The predicted molar refractivity (Wildman–Crippen MR) is 116 cm³/mol. The summed E-state index contributed by atoms with van der Waals surface area (Å²) in [6, 6.07) is 17.1. The van der Waals surface area contributed by atoms with Crippen LogP contribution < -0.4 is 0 Å². The van der Waals surface area contributed by atoms with E-state index in [-0.39, 0.29) is 11.8 Å². The van der Waals surface area contributed by atoms with E-state index in [0.717, 1.165) is 16.8 Å². The summed E-state index contributed by atoms with van der Waals surface area (Å²) in [6.07, 6.45) is 0.339. The fourth-order valence-corrected chi connectivity index (χ4v) is 3.65. The van der Waals surface area contributed by atoms with Crippen LogP contribution in [0.1, 0.15) is 21.6 Å². The van der Waals surface area contributed by atoms with E-state index in [1.54, 1.807) is 23.1 Å². The van der Waals surface area contributed by atoms with Crippen molar-refractivity contribution in [1.29, 1.82) is 0 Å². The van der Waals surface area contributed by atoms with Gasteiger partial charge in [-0.2, -0.15) is 5.10 Å². The van der Waals surface area contributed by atoms with E-state index < -0.39 is 0 Å². The number of hydrogen-bond donors (Lipinski definition) is 1. The van der Waals surface area contributed by atoms with Gasteiger partial charge in [-0.1, -0.05) is 53.6 Å². The molecule has 2 heterocycles.